The van der Waals surface area contributed by atoms with Gasteiger partial charge in [0.15, 0.2) is 0 Å². The van der Waals surface area contributed by atoms with Crippen LogP contribution in [0.2, 0.25) is 0 Å². The standard InChI is InChI=1S/C21H24N2O2/c1-17(16-18-6-4-3-5-7-18)21(24)23-14-12-22(13-15-23)19-8-10-20(25-2)11-9-19/h3-11,16H,12-15H2,1-2H3/b17-16+. The highest BCUT2D eigenvalue weighted by molar-refractivity contribution is 5.97. The molecule has 0 aliphatic carbocycles. The van der Waals surface area contributed by atoms with Crippen LogP contribution in [0.5, 0.6) is 5.75 Å². The van der Waals surface area contributed by atoms with Gasteiger partial charge in [-0.1, -0.05) is 30.3 Å². The Balaban J connectivity index is 1.59. The van der Waals surface area contributed by atoms with E-state index in [1.807, 2.05) is 60.4 Å². The summed E-state index contributed by atoms with van der Waals surface area (Å²) in [5.74, 6) is 0.984. The van der Waals surface area contributed by atoms with Gasteiger partial charge in [0.25, 0.3) is 0 Å². The van der Waals surface area contributed by atoms with E-state index in [9.17, 15) is 4.79 Å². The summed E-state index contributed by atoms with van der Waals surface area (Å²) >= 11 is 0. The molecule has 1 fully saturated rings. The molecule has 1 amide bonds. The Bertz CT molecular complexity index is 730. The van der Waals surface area contributed by atoms with Crippen molar-refractivity contribution >= 4 is 17.7 Å². The normalized spacial score (nSPS) is 15.2. The lowest BCUT2D eigenvalue weighted by atomic mass is 10.1. The zero-order valence-electron chi connectivity index (χ0n) is 14.8. The van der Waals surface area contributed by atoms with Gasteiger partial charge in [-0.25, -0.2) is 0 Å². The maximum atomic E-state index is 12.7. The van der Waals surface area contributed by atoms with E-state index < -0.39 is 0 Å². The van der Waals surface area contributed by atoms with E-state index in [0.29, 0.717) is 0 Å². The molecular weight excluding hydrogens is 312 g/mol. The molecule has 0 radical (unpaired) electrons. The third-order valence-corrected chi connectivity index (χ3v) is 4.52. The highest BCUT2D eigenvalue weighted by atomic mass is 16.5. The number of benzene rings is 2. The maximum absolute atomic E-state index is 12.7. The summed E-state index contributed by atoms with van der Waals surface area (Å²) in [6.45, 7) is 5.06. The van der Waals surface area contributed by atoms with Gasteiger partial charge in [-0.15, -0.1) is 0 Å². The Kier molecular flexibility index (Phi) is 5.39. The van der Waals surface area contributed by atoms with Crippen LogP contribution < -0.4 is 9.64 Å². The highest BCUT2D eigenvalue weighted by Gasteiger charge is 2.22. The first-order chi connectivity index (χ1) is 12.2. The number of carbonyl (C=O) groups is 1. The number of amides is 1. The molecule has 4 heteroatoms. The number of rotatable bonds is 4. The molecule has 3 rings (SSSR count). The Morgan fingerprint density at radius 3 is 2.20 bits per heavy atom. The van der Waals surface area contributed by atoms with Gasteiger partial charge in [-0.2, -0.15) is 0 Å². The van der Waals surface area contributed by atoms with Crippen molar-refractivity contribution in [3.8, 4) is 5.75 Å². The fourth-order valence-electron chi connectivity index (χ4n) is 3.07. The topological polar surface area (TPSA) is 32.8 Å². The number of methoxy groups -OCH3 is 1. The van der Waals surface area contributed by atoms with Crippen LogP contribution in [-0.4, -0.2) is 44.1 Å². The van der Waals surface area contributed by atoms with Crippen molar-refractivity contribution in [3.05, 3.63) is 65.7 Å². The quantitative estimate of drug-likeness (QED) is 0.802. The van der Waals surface area contributed by atoms with Crippen molar-refractivity contribution in [3.63, 3.8) is 0 Å². The van der Waals surface area contributed by atoms with E-state index in [0.717, 1.165) is 43.1 Å². The van der Waals surface area contributed by atoms with Crippen molar-refractivity contribution in [2.75, 3.05) is 38.2 Å². The fraction of sp³-hybridized carbons (Fsp3) is 0.286. The minimum atomic E-state index is 0.123. The van der Waals surface area contributed by atoms with Crippen molar-refractivity contribution in [1.29, 1.82) is 0 Å². The van der Waals surface area contributed by atoms with E-state index in [-0.39, 0.29) is 5.91 Å². The van der Waals surface area contributed by atoms with Crippen LogP contribution in [0.25, 0.3) is 6.08 Å². The zero-order valence-corrected chi connectivity index (χ0v) is 14.8. The molecule has 2 aromatic rings. The van der Waals surface area contributed by atoms with E-state index >= 15 is 0 Å². The number of hydrogen-bond acceptors (Lipinski definition) is 3. The summed E-state index contributed by atoms with van der Waals surface area (Å²) in [4.78, 5) is 16.9. The number of ether oxygens (including phenoxy) is 1. The van der Waals surface area contributed by atoms with Crippen molar-refractivity contribution in [2.24, 2.45) is 0 Å². The number of carbonyl (C=O) groups excluding carboxylic acids is 1. The molecule has 130 valence electrons. The lowest BCUT2D eigenvalue weighted by molar-refractivity contribution is -0.127. The summed E-state index contributed by atoms with van der Waals surface area (Å²) in [7, 11) is 1.67. The van der Waals surface area contributed by atoms with Crippen LogP contribution in [-0.2, 0) is 4.79 Å². The minimum absolute atomic E-state index is 0.123. The zero-order chi connectivity index (χ0) is 17.6. The molecule has 0 saturated carbocycles. The summed E-state index contributed by atoms with van der Waals surface area (Å²) in [5, 5.41) is 0. The Morgan fingerprint density at radius 2 is 1.60 bits per heavy atom. The van der Waals surface area contributed by atoms with Crippen LogP contribution in [0, 0.1) is 0 Å². The predicted molar refractivity (Wildman–Crippen MR) is 102 cm³/mol. The van der Waals surface area contributed by atoms with Gasteiger partial charge in [0.05, 0.1) is 7.11 Å². The summed E-state index contributed by atoms with van der Waals surface area (Å²) in [6, 6.07) is 18.0. The van der Waals surface area contributed by atoms with Gasteiger partial charge < -0.3 is 14.5 Å². The van der Waals surface area contributed by atoms with Gasteiger partial charge in [0.2, 0.25) is 5.91 Å². The van der Waals surface area contributed by atoms with Gasteiger partial charge in [0.1, 0.15) is 5.75 Å². The van der Waals surface area contributed by atoms with E-state index in [1.165, 1.54) is 5.69 Å². The van der Waals surface area contributed by atoms with Gasteiger partial charge >= 0.3 is 0 Å². The van der Waals surface area contributed by atoms with E-state index in [4.69, 9.17) is 4.74 Å². The lowest BCUT2D eigenvalue weighted by Crippen LogP contribution is -2.49. The summed E-state index contributed by atoms with van der Waals surface area (Å²) in [6.07, 6.45) is 1.96. The average Bonchev–Trinajstić information content (AvgIpc) is 2.68. The molecular formula is C21H24N2O2. The Labute approximate surface area is 149 Å². The second-order valence-electron chi connectivity index (χ2n) is 6.22. The van der Waals surface area contributed by atoms with Gasteiger partial charge in [-0.05, 0) is 42.8 Å². The highest BCUT2D eigenvalue weighted by Crippen LogP contribution is 2.21. The largest absolute Gasteiger partial charge is 0.497 e. The molecule has 0 N–H and O–H groups in total. The van der Waals surface area contributed by atoms with Crippen molar-refractivity contribution in [1.82, 2.24) is 4.90 Å². The molecule has 0 spiro atoms. The lowest BCUT2D eigenvalue weighted by Gasteiger charge is -2.36. The fourth-order valence-corrected chi connectivity index (χ4v) is 3.07. The average molecular weight is 336 g/mol. The molecule has 0 atom stereocenters. The van der Waals surface area contributed by atoms with Gasteiger partial charge in [0, 0.05) is 37.4 Å². The molecule has 25 heavy (non-hydrogen) atoms. The monoisotopic (exact) mass is 336 g/mol. The summed E-state index contributed by atoms with van der Waals surface area (Å²) < 4.78 is 5.20. The molecule has 0 bridgehead atoms. The molecule has 1 aliphatic heterocycles. The van der Waals surface area contributed by atoms with Crippen molar-refractivity contribution in [2.45, 2.75) is 6.92 Å². The third kappa shape index (κ3) is 4.21. The molecule has 1 aliphatic rings. The van der Waals surface area contributed by atoms with Crippen LogP contribution >= 0.6 is 0 Å². The first-order valence-electron chi connectivity index (χ1n) is 8.59. The molecule has 1 saturated heterocycles. The van der Waals surface area contributed by atoms with Crippen LogP contribution in [0.1, 0.15) is 12.5 Å². The minimum Gasteiger partial charge on any atom is -0.497 e. The smallest absolute Gasteiger partial charge is 0.249 e. The number of hydrogen-bond donors (Lipinski definition) is 0. The molecule has 1 heterocycles. The first-order valence-corrected chi connectivity index (χ1v) is 8.59. The molecule has 0 unspecified atom stereocenters. The second kappa shape index (κ2) is 7.88. The Morgan fingerprint density at radius 1 is 0.960 bits per heavy atom. The maximum Gasteiger partial charge on any atom is 0.249 e. The molecule has 2 aromatic carbocycles. The van der Waals surface area contributed by atoms with E-state index in [1.54, 1.807) is 7.11 Å². The second-order valence-corrected chi connectivity index (χ2v) is 6.22. The molecule has 0 aromatic heterocycles. The SMILES string of the molecule is COc1ccc(N2CCN(C(=O)/C(C)=C/c3ccccc3)CC2)cc1. The number of nitrogens with zero attached hydrogens (tertiary/aromatic N) is 2. The Hall–Kier alpha value is -2.75. The van der Waals surface area contributed by atoms with Crippen LogP contribution in [0.4, 0.5) is 5.69 Å². The summed E-state index contributed by atoms with van der Waals surface area (Å²) in [5.41, 5.74) is 3.01. The predicted octanol–water partition coefficient (Wildman–Crippen LogP) is 3.45. The van der Waals surface area contributed by atoms with Crippen LogP contribution in [0.15, 0.2) is 60.2 Å². The van der Waals surface area contributed by atoms with Crippen molar-refractivity contribution < 1.29 is 9.53 Å². The van der Waals surface area contributed by atoms with E-state index in [2.05, 4.69) is 17.0 Å². The first kappa shape index (κ1) is 17.1. The van der Waals surface area contributed by atoms with Crippen LogP contribution in [0.3, 0.4) is 0 Å². The third-order valence-electron chi connectivity index (χ3n) is 4.52. The number of anilines is 1. The number of piperazine rings is 1. The molecule has 4 nitrogen and oxygen atoms in total. The van der Waals surface area contributed by atoms with Gasteiger partial charge in [-0.3, -0.25) is 4.79 Å².